The van der Waals surface area contributed by atoms with Crippen molar-refractivity contribution in [2.75, 3.05) is 19.0 Å². The van der Waals surface area contributed by atoms with E-state index >= 15 is 0 Å². The molecule has 0 aliphatic rings. The van der Waals surface area contributed by atoms with Gasteiger partial charge in [0.2, 0.25) is 11.8 Å². The molecular weight excluding hydrogens is 342 g/mol. The second-order valence-corrected chi connectivity index (χ2v) is 5.99. The van der Waals surface area contributed by atoms with Crippen LogP contribution in [0.3, 0.4) is 0 Å². The molecule has 1 N–H and O–H groups in total. The maximum atomic E-state index is 12.4. The molecule has 25 heavy (non-hydrogen) atoms. The molecule has 0 unspecified atom stereocenters. The van der Waals surface area contributed by atoms with Crippen LogP contribution in [0.15, 0.2) is 36.7 Å². The van der Waals surface area contributed by atoms with Crippen LogP contribution in [0.2, 0.25) is 5.02 Å². The standard InChI is InChI=1S/C18H20ClN3O3/c1-12-7-16(17(25-3)8-15(12)19)21-18(24)11-22(13(2)23)10-14-5-4-6-20-9-14/h4-9H,10-11H2,1-3H3,(H,21,24). The van der Waals surface area contributed by atoms with E-state index in [-0.39, 0.29) is 18.4 Å². The highest BCUT2D eigenvalue weighted by atomic mass is 35.5. The molecule has 6 nitrogen and oxygen atoms in total. The third kappa shape index (κ3) is 5.19. The number of methoxy groups -OCH3 is 1. The highest BCUT2D eigenvalue weighted by Gasteiger charge is 2.16. The zero-order chi connectivity index (χ0) is 18.4. The molecular formula is C18H20ClN3O3. The Balaban J connectivity index is 2.09. The van der Waals surface area contributed by atoms with Crippen LogP contribution in [0.4, 0.5) is 5.69 Å². The van der Waals surface area contributed by atoms with Crippen molar-refractivity contribution in [2.45, 2.75) is 20.4 Å². The van der Waals surface area contributed by atoms with Gasteiger partial charge in [-0.25, -0.2) is 0 Å². The third-order valence-corrected chi connectivity index (χ3v) is 4.04. The van der Waals surface area contributed by atoms with Gasteiger partial charge in [-0.2, -0.15) is 0 Å². The van der Waals surface area contributed by atoms with Gasteiger partial charge in [0.15, 0.2) is 0 Å². The molecule has 2 aromatic rings. The Kier molecular flexibility index (Phi) is 6.36. The van der Waals surface area contributed by atoms with Gasteiger partial charge in [0.05, 0.1) is 12.8 Å². The maximum absolute atomic E-state index is 12.4. The number of hydrogen-bond donors (Lipinski definition) is 1. The van der Waals surface area contributed by atoms with Gasteiger partial charge in [-0.05, 0) is 30.2 Å². The Labute approximate surface area is 151 Å². The minimum absolute atomic E-state index is 0.0743. The van der Waals surface area contributed by atoms with Crippen LogP contribution in [0.25, 0.3) is 0 Å². The molecule has 1 heterocycles. The summed E-state index contributed by atoms with van der Waals surface area (Å²) < 4.78 is 5.24. The number of aromatic nitrogens is 1. The van der Waals surface area contributed by atoms with Gasteiger partial charge in [-0.1, -0.05) is 17.7 Å². The van der Waals surface area contributed by atoms with Crippen molar-refractivity contribution in [1.29, 1.82) is 0 Å². The van der Waals surface area contributed by atoms with Crippen molar-refractivity contribution < 1.29 is 14.3 Å². The molecule has 0 saturated heterocycles. The summed E-state index contributed by atoms with van der Waals surface area (Å²) in [6.07, 6.45) is 3.32. The first kappa shape index (κ1) is 18.7. The third-order valence-electron chi connectivity index (χ3n) is 3.63. The van der Waals surface area contributed by atoms with Crippen LogP contribution in [0.5, 0.6) is 5.75 Å². The summed E-state index contributed by atoms with van der Waals surface area (Å²) in [6, 6.07) is 7.02. The molecule has 2 amide bonds. The van der Waals surface area contributed by atoms with E-state index in [0.717, 1.165) is 11.1 Å². The lowest BCUT2D eigenvalue weighted by molar-refractivity contribution is -0.133. The molecule has 0 spiro atoms. The van der Waals surface area contributed by atoms with Gasteiger partial charge >= 0.3 is 0 Å². The van der Waals surface area contributed by atoms with Crippen LogP contribution in [0.1, 0.15) is 18.1 Å². The first-order valence-electron chi connectivity index (χ1n) is 7.69. The largest absolute Gasteiger partial charge is 0.495 e. The quantitative estimate of drug-likeness (QED) is 0.858. The van der Waals surface area contributed by atoms with E-state index in [4.69, 9.17) is 16.3 Å². The topological polar surface area (TPSA) is 71.5 Å². The maximum Gasteiger partial charge on any atom is 0.244 e. The summed E-state index contributed by atoms with van der Waals surface area (Å²) in [5, 5.41) is 3.32. The van der Waals surface area contributed by atoms with Crippen molar-refractivity contribution >= 4 is 29.1 Å². The molecule has 0 fully saturated rings. The van der Waals surface area contributed by atoms with Crippen LogP contribution in [-0.4, -0.2) is 35.4 Å². The summed E-state index contributed by atoms with van der Waals surface area (Å²) in [5.41, 5.74) is 2.18. The van der Waals surface area contributed by atoms with Crippen molar-refractivity contribution in [2.24, 2.45) is 0 Å². The van der Waals surface area contributed by atoms with E-state index in [2.05, 4.69) is 10.3 Å². The fraction of sp³-hybridized carbons (Fsp3) is 0.278. The molecule has 0 saturated carbocycles. The Hall–Kier alpha value is -2.60. The predicted molar refractivity (Wildman–Crippen MR) is 96.7 cm³/mol. The number of nitrogens with one attached hydrogen (secondary N) is 1. The van der Waals surface area contributed by atoms with Crippen molar-refractivity contribution in [3.8, 4) is 5.75 Å². The molecule has 0 radical (unpaired) electrons. The van der Waals surface area contributed by atoms with E-state index in [9.17, 15) is 9.59 Å². The number of ether oxygens (including phenoxy) is 1. The second kappa shape index (κ2) is 8.48. The summed E-state index contributed by atoms with van der Waals surface area (Å²) in [4.78, 5) is 29.7. The number of rotatable bonds is 6. The van der Waals surface area contributed by atoms with Gasteiger partial charge in [-0.15, -0.1) is 0 Å². The number of carbonyl (C=O) groups is 2. The van der Waals surface area contributed by atoms with E-state index < -0.39 is 0 Å². The lowest BCUT2D eigenvalue weighted by Crippen LogP contribution is -2.36. The zero-order valence-electron chi connectivity index (χ0n) is 14.4. The van der Waals surface area contributed by atoms with Gasteiger partial charge < -0.3 is 15.0 Å². The number of carbonyl (C=O) groups excluding carboxylic acids is 2. The number of halogens is 1. The molecule has 0 bridgehead atoms. The lowest BCUT2D eigenvalue weighted by Gasteiger charge is -2.21. The average molecular weight is 362 g/mol. The molecule has 2 rings (SSSR count). The van der Waals surface area contributed by atoms with Gasteiger partial charge in [0, 0.05) is 37.0 Å². The fourth-order valence-corrected chi connectivity index (χ4v) is 2.44. The number of hydrogen-bond acceptors (Lipinski definition) is 4. The van der Waals surface area contributed by atoms with Gasteiger partial charge in [0.1, 0.15) is 12.3 Å². The smallest absolute Gasteiger partial charge is 0.244 e. The van der Waals surface area contributed by atoms with Crippen molar-refractivity contribution in [3.63, 3.8) is 0 Å². The van der Waals surface area contributed by atoms with E-state index in [1.807, 2.05) is 13.0 Å². The summed E-state index contributed by atoms with van der Waals surface area (Å²) in [7, 11) is 1.50. The minimum Gasteiger partial charge on any atom is -0.495 e. The minimum atomic E-state index is -0.320. The van der Waals surface area contributed by atoms with Crippen LogP contribution < -0.4 is 10.1 Å². The van der Waals surface area contributed by atoms with Crippen LogP contribution in [0, 0.1) is 6.92 Å². The Morgan fingerprint density at radius 2 is 2.12 bits per heavy atom. The van der Waals surface area contributed by atoms with Crippen LogP contribution in [-0.2, 0) is 16.1 Å². The Bertz CT molecular complexity index is 766. The number of nitrogens with zero attached hydrogens (tertiary/aromatic N) is 2. The molecule has 0 aliphatic heterocycles. The average Bonchev–Trinajstić information content (AvgIpc) is 2.58. The molecule has 1 aromatic heterocycles. The first-order chi connectivity index (χ1) is 11.9. The Morgan fingerprint density at radius 3 is 2.72 bits per heavy atom. The highest BCUT2D eigenvalue weighted by molar-refractivity contribution is 6.31. The Morgan fingerprint density at radius 1 is 1.36 bits per heavy atom. The van der Waals surface area contributed by atoms with E-state index in [1.165, 1.54) is 18.9 Å². The number of benzene rings is 1. The second-order valence-electron chi connectivity index (χ2n) is 5.59. The predicted octanol–water partition coefficient (Wildman–Crippen LogP) is 3.04. The summed E-state index contributed by atoms with van der Waals surface area (Å²) in [5.74, 6) is -0.0528. The number of pyridine rings is 1. The van der Waals surface area contributed by atoms with Gasteiger partial charge in [0.25, 0.3) is 0 Å². The normalized spacial score (nSPS) is 10.2. The van der Waals surface area contributed by atoms with E-state index in [1.54, 1.807) is 30.6 Å². The summed E-state index contributed by atoms with van der Waals surface area (Å²) >= 11 is 6.07. The lowest BCUT2D eigenvalue weighted by atomic mass is 10.2. The molecule has 1 aromatic carbocycles. The van der Waals surface area contributed by atoms with Crippen molar-refractivity contribution in [3.05, 3.63) is 52.8 Å². The molecule has 132 valence electrons. The molecule has 0 atom stereocenters. The first-order valence-corrected chi connectivity index (χ1v) is 8.07. The van der Waals surface area contributed by atoms with Crippen molar-refractivity contribution in [1.82, 2.24) is 9.88 Å². The zero-order valence-corrected chi connectivity index (χ0v) is 15.1. The number of aryl methyl sites for hydroxylation is 1. The van der Waals surface area contributed by atoms with E-state index in [0.29, 0.717) is 23.0 Å². The fourth-order valence-electron chi connectivity index (χ4n) is 2.28. The molecule has 7 heteroatoms. The number of amides is 2. The monoisotopic (exact) mass is 361 g/mol. The SMILES string of the molecule is COc1cc(Cl)c(C)cc1NC(=O)CN(Cc1cccnc1)C(C)=O. The van der Waals surface area contributed by atoms with Crippen LogP contribution >= 0.6 is 11.6 Å². The van der Waals surface area contributed by atoms with Gasteiger partial charge in [-0.3, -0.25) is 14.6 Å². The molecule has 0 aliphatic carbocycles. The highest BCUT2D eigenvalue weighted by Crippen LogP contribution is 2.30. The summed E-state index contributed by atoms with van der Waals surface area (Å²) in [6.45, 7) is 3.50. The number of anilines is 1.